The van der Waals surface area contributed by atoms with Gasteiger partial charge in [0, 0.05) is 41.7 Å². The predicted octanol–water partition coefficient (Wildman–Crippen LogP) is 5.23. The molecule has 4 heterocycles. The number of carbonyl (C=O) groups is 3. The maximum atomic E-state index is 14.2. The zero-order valence-electron chi connectivity index (χ0n) is 29.2. The van der Waals surface area contributed by atoms with Crippen molar-refractivity contribution in [1.82, 2.24) is 24.9 Å². The molecular formula is C37H45N5O7S2. The first-order chi connectivity index (χ1) is 24.5. The predicted molar refractivity (Wildman–Crippen MR) is 194 cm³/mol. The summed E-state index contributed by atoms with van der Waals surface area (Å²) < 4.78 is 39.9. The molecule has 3 aromatic rings. The lowest BCUT2D eigenvalue weighted by Crippen LogP contribution is -2.56. The third kappa shape index (κ3) is 7.48. The van der Waals surface area contributed by atoms with Gasteiger partial charge in [-0.3, -0.25) is 19.1 Å². The van der Waals surface area contributed by atoms with Crippen LogP contribution in [0.4, 0.5) is 0 Å². The summed E-state index contributed by atoms with van der Waals surface area (Å²) in [5, 5.41) is 5.88. The summed E-state index contributed by atoms with van der Waals surface area (Å²) in [6.07, 6.45) is 9.49. The zero-order valence-corrected chi connectivity index (χ0v) is 30.9. The second kappa shape index (κ2) is 14.2. The summed E-state index contributed by atoms with van der Waals surface area (Å²) in [5.41, 5.74) is 0.874. The van der Waals surface area contributed by atoms with E-state index in [4.69, 9.17) is 19.4 Å². The Hall–Kier alpha value is -4.04. The summed E-state index contributed by atoms with van der Waals surface area (Å²) in [6.45, 7) is 4.36. The Bertz CT molecular complexity index is 1970. The number of ether oxygens (including phenoxy) is 2. The summed E-state index contributed by atoms with van der Waals surface area (Å²) >= 11 is 1.51. The molecule has 14 heteroatoms. The van der Waals surface area contributed by atoms with Gasteiger partial charge in [-0.15, -0.1) is 11.3 Å². The van der Waals surface area contributed by atoms with Gasteiger partial charge in [0.05, 0.1) is 30.1 Å². The average molecular weight is 736 g/mol. The molecule has 12 nitrogen and oxygen atoms in total. The molecule has 2 N–H and O–H groups in total. The van der Waals surface area contributed by atoms with Crippen molar-refractivity contribution >= 4 is 50.0 Å². The van der Waals surface area contributed by atoms with Crippen molar-refractivity contribution in [1.29, 1.82) is 0 Å². The van der Waals surface area contributed by atoms with Crippen molar-refractivity contribution in [3.05, 3.63) is 47.5 Å². The number of hydrogen-bond acceptors (Lipinski definition) is 10. The van der Waals surface area contributed by atoms with Crippen LogP contribution in [0, 0.1) is 5.92 Å². The van der Waals surface area contributed by atoms with E-state index in [1.54, 1.807) is 12.0 Å². The molecule has 2 aromatic heterocycles. The largest absolute Gasteiger partial charge is 0.497 e. The molecule has 7 rings (SSSR count). The minimum absolute atomic E-state index is 0.148. The van der Waals surface area contributed by atoms with E-state index in [0.717, 1.165) is 41.8 Å². The number of methoxy groups -OCH3 is 1. The monoisotopic (exact) mass is 735 g/mol. The van der Waals surface area contributed by atoms with Crippen molar-refractivity contribution in [3.63, 3.8) is 0 Å². The molecule has 272 valence electrons. The Morgan fingerprint density at radius 1 is 1.12 bits per heavy atom. The zero-order chi connectivity index (χ0) is 35.9. The summed E-state index contributed by atoms with van der Waals surface area (Å²) in [5.74, 6) is -0.260. The molecule has 4 atom stereocenters. The van der Waals surface area contributed by atoms with Gasteiger partial charge >= 0.3 is 0 Å². The van der Waals surface area contributed by atoms with Crippen LogP contribution in [0.2, 0.25) is 0 Å². The summed E-state index contributed by atoms with van der Waals surface area (Å²) in [4.78, 5) is 52.8. The Labute approximate surface area is 302 Å². The van der Waals surface area contributed by atoms with Crippen LogP contribution in [0.1, 0.15) is 89.7 Å². The third-order valence-electron chi connectivity index (χ3n) is 10.3. The lowest BCUT2D eigenvalue weighted by atomic mass is 10.1. The fourth-order valence-corrected chi connectivity index (χ4v) is 9.33. The summed E-state index contributed by atoms with van der Waals surface area (Å²) in [7, 11) is -2.23. The van der Waals surface area contributed by atoms with E-state index >= 15 is 0 Å². The molecule has 1 saturated heterocycles. The number of aromatic nitrogens is 2. The number of rotatable bonds is 8. The highest BCUT2D eigenvalue weighted by Crippen LogP contribution is 2.46. The van der Waals surface area contributed by atoms with Gasteiger partial charge in [-0.2, -0.15) is 0 Å². The molecule has 3 fully saturated rings. The molecule has 51 heavy (non-hydrogen) atoms. The number of thiazole rings is 1. The molecule has 4 unspecified atom stereocenters. The molecule has 2 aliphatic carbocycles. The molecule has 3 amide bonds. The van der Waals surface area contributed by atoms with Gasteiger partial charge in [-0.05, 0) is 56.6 Å². The Morgan fingerprint density at radius 2 is 1.92 bits per heavy atom. The van der Waals surface area contributed by atoms with Gasteiger partial charge in [-0.25, -0.2) is 18.4 Å². The van der Waals surface area contributed by atoms with E-state index in [2.05, 4.69) is 23.9 Å². The smallest absolute Gasteiger partial charge is 0.259 e. The van der Waals surface area contributed by atoms with E-state index < -0.39 is 44.8 Å². The highest BCUT2D eigenvalue weighted by molar-refractivity contribution is 7.91. The lowest BCUT2D eigenvalue weighted by molar-refractivity contribution is -0.139. The number of amides is 3. The first-order valence-electron chi connectivity index (χ1n) is 17.9. The highest BCUT2D eigenvalue weighted by Gasteiger charge is 2.62. The quantitative estimate of drug-likeness (QED) is 0.296. The number of benzene rings is 1. The average Bonchev–Trinajstić information content (AvgIpc) is 3.97. The van der Waals surface area contributed by atoms with Crippen LogP contribution in [0.15, 0.2) is 41.8 Å². The fourth-order valence-electron chi connectivity index (χ4n) is 7.03. The van der Waals surface area contributed by atoms with Gasteiger partial charge in [-0.1, -0.05) is 38.8 Å². The van der Waals surface area contributed by atoms with Crippen LogP contribution in [0.5, 0.6) is 11.5 Å². The van der Waals surface area contributed by atoms with Crippen LogP contribution >= 0.6 is 11.3 Å². The number of nitrogens with one attached hydrogen (secondary N) is 2. The number of hydrogen-bond donors (Lipinski definition) is 2. The molecule has 4 aliphatic rings. The minimum atomic E-state index is -3.83. The normalized spacial score (nSPS) is 25.8. The lowest BCUT2D eigenvalue weighted by Gasteiger charge is -2.26. The van der Waals surface area contributed by atoms with Gasteiger partial charge in [0.1, 0.15) is 39.9 Å². The fraction of sp³-hybridized carbons (Fsp3) is 0.541. The number of nitrogens with zero attached hydrogens (tertiary/aromatic N) is 3. The van der Waals surface area contributed by atoms with E-state index in [0.29, 0.717) is 48.4 Å². The van der Waals surface area contributed by atoms with Crippen LogP contribution < -0.4 is 19.5 Å². The molecule has 0 bridgehead atoms. The van der Waals surface area contributed by atoms with Gasteiger partial charge in [0.25, 0.3) is 5.91 Å². The molecule has 1 aromatic carbocycles. The Morgan fingerprint density at radius 3 is 2.67 bits per heavy atom. The number of allylic oxidation sites excluding steroid dienone is 1. The van der Waals surface area contributed by atoms with Gasteiger partial charge < -0.3 is 19.7 Å². The molecule has 0 spiro atoms. The van der Waals surface area contributed by atoms with E-state index in [1.165, 1.54) is 11.3 Å². The standard InChI is InChI=1S/C37H45N5O7S2/c1-22(2)30-21-50-35(39-30)29-18-32(27-15-12-24(48-3)16-28(27)38-29)49-25-17-31-34(44)40-37(36(45)41-51(46,47)26-13-14-26)19-23(37)10-8-6-4-5-7-9-11-33(43)42(31)20-25/h8,10,12,15-16,18,21-23,25-26,31H,4-7,9,11,13-14,17,19-20H2,1-3H3,(H,40,44)(H,41,45). The number of fused-ring (bicyclic) bond motifs is 3. The minimum Gasteiger partial charge on any atom is -0.497 e. The van der Waals surface area contributed by atoms with Crippen molar-refractivity contribution in [2.75, 3.05) is 13.7 Å². The first-order valence-corrected chi connectivity index (χ1v) is 20.4. The molecule has 0 radical (unpaired) electrons. The second-order valence-corrected chi connectivity index (χ2v) is 17.3. The van der Waals surface area contributed by atoms with Crippen molar-refractivity contribution < 1.29 is 32.3 Å². The molecular weight excluding hydrogens is 691 g/mol. The van der Waals surface area contributed by atoms with E-state index in [9.17, 15) is 22.8 Å². The second-order valence-electron chi connectivity index (χ2n) is 14.5. The number of carbonyl (C=O) groups excluding carboxylic acids is 3. The summed E-state index contributed by atoms with van der Waals surface area (Å²) in [6, 6.07) is 6.51. The Kier molecular flexibility index (Phi) is 9.83. The Balaban J connectivity index is 1.18. The number of sulfonamides is 1. The third-order valence-corrected chi connectivity index (χ3v) is 13.0. The first kappa shape index (κ1) is 35.4. The van der Waals surface area contributed by atoms with Crippen molar-refractivity contribution in [2.24, 2.45) is 5.92 Å². The van der Waals surface area contributed by atoms with Gasteiger partial charge in [0.15, 0.2) is 0 Å². The molecule has 2 saturated carbocycles. The molecule has 2 aliphatic heterocycles. The number of pyridine rings is 1. The van der Waals surface area contributed by atoms with Gasteiger partial charge in [0.2, 0.25) is 21.8 Å². The highest BCUT2D eigenvalue weighted by atomic mass is 32.2. The van der Waals surface area contributed by atoms with Crippen LogP contribution in [0.25, 0.3) is 21.6 Å². The van der Waals surface area contributed by atoms with Crippen molar-refractivity contribution in [2.45, 2.75) is 107 Å². The van der Waals surface area contributed by atoms with Crippen molar-refractivity contribution in [3.8, 4) is 22.2 Å². The van der Waals surface area contributed by atoms with E-state index in [-0.39, 0.29) is 37.1 Å². The maximum Gasteiger partial charge on any atom is 0.259 e. The van der Waals surface area contributed by atoms with Crippen LogP contribution in [-0.4, -0.2) is 77.6 Å². The van der Waals surface area contributed by atoms with Crippen LogP contribution in [0.3, 0.4) is 0 Å². The SMILES string of the molecule is COc1ccc2c(OC3CC4C(=O)NC5(C(=O)NS(=O)(=O)C6CC6)CC5C=CCCCCCCC(=O)N4C3)cc(-c3nc(C(C)C)cs3)nc2c1. The maximum absolute atomic E-state index is 14.2. The van der Waals surface area contributed by atoms with E-state index in [1.807, 2.05) is 41.8 Å². The topological polar surface area (TPSA) is 157 Å². The van der Waals surface area contributed by atoms with Crippen LogP contribution in [-0.2, 0) is 24.4 Å².